The topological polar surface area (TPSA) is 36.9 Å². The van der Waals surface area contributed by atoms with E-state index in [1.54, 1.807) is 0 Å². The van der Waals surface area contributed by atoms with Crippen molar-refractivity contribution in [1.29, 1.82) is 0 Å². The first-order valence-electron chi connectivity index (χ1n) is 7.53. The van der Waals surface area contributed by atoms with Crippen molar-refractivity contribution in [3.8, 4) is 46.7 Å². The van der Waals surface area contributed by atoms with Crippen molar-refractivity contribution in [3.05, 3.63) is 48.5 Å². The first-order chi connectivity index (χ1) is 11.9. The average Bonchev–Trinajstić information content (AvgIpc) is 2.61. The van der Waals surface area contributed by atoms with Crippen LogP contribution < -0.4 is 18.9 Å². The van der Waals surface area contributed by atoms with E-state index in [1.165, 1.54) is 0 Å². The first kappa shape index (κ1) is 15.6. The van der Waals surface area contributed by atoms with Gasteiger partial charge in [-0.3, -0.25) is 0 Å². The molecule has 0 fully saturated rings. The van der Waals surface area contributed by atoms with Crippen molar-refractivity contribution < 1.29 is 18.9 Å². The van der Waals surface area contributed by atoms with E-state index in [4.69, 9.17) is 18.9 Å². The quantitative estimate of drug-likeness (QED) is 0.700. The largest absolute Gasteiger partial charge is 0.481 e. The molecule has 4 nitrogen and oxygen atoms in total. The molecule has 0 aromatic heterocycles. The van der Waals surface area contributed by atoms with Crippen LogP contribution in [0.2, 0.25) is 0 Å². The summed E-state index contributed by atoms with van der Waals surface area (Å²) in [5.41, 5.74) is 0. The summed E-state index contributed by atoms with van der Waals surface area (Å²) in [6, 6.07) is 14.8. The molecule has 0 spiro atoms. The lowest BCUT2D eigenvalue weighted by atomic mass is 10.3. The number of hydrogen-bond donors (Lipinski definition) is 0. The van der Waals surface area contributed by atoms with Crippen LogP contribution in [0.3, 0.4) is 0 Å². The van der Waals surface area contributed by atoms with E-state index in [-0.39, 0.29) is 26.4 Å². The van der Waals surface area contributed by atoms with Crippen LogP contribution in [-0.2, 0) is 0 Å². The second-order valence-electron chi connectivity index (χ2n) is 4.81. The van der Waals surface area contributed by atoms with Crippen molar-refractivity contribution in [2.75, 3.05) is 26.4 Å². The Morgan fingerprint density at radius 1 is 0.500 bits per heavy atom. The summed E-state index contributed by atoms with van der Waals surface area (Å²) < 4.78 is 22.3. The summed E-state index contributed by atoms with van der Waals surface area (Å²) in [5, 5.41) is 0. The lowest BCUT2D eigenvalue weighted by molar-refractivity contribution is 0.344. The van der Waals surface area contributed by atoms with Crippen LogP contribution in [0.15, 0.2) is 48.5 Å². The summed E-state index contributed by atoms with van der Waals surface area (Å²) in [7, 11) is 0. The molecule has 1 aliphatic rings. The van der Waals surface area contributed by atoms with Gasteiger partial charge >= 0.3 is 0 Å². The Morgan fingerprint density at radius 3 is 1.08 bits per heavy atom. The van der Waals surface area contributed by atoms with Gasteiger partial charge in [0.15, 0.2) is 0 Å². The van der Waals surface area contributed by atoms with Gasteiger partial charge in [0.05, 0.1) is 0 Å². The Morgan fingerprint density at radius 2 is 0.792 bits per heavy atom. The number of ether oxygens (including phenoxy) is 4. The highest BCUT2D eigenvalue weighted by Crippen LogP contribution is 2.20. The molecule has 120 valence electrons. The van der Waals surface area contributed by atoms with Crippen molar-refractivity contribution in [1.82, 2.24) is 0 Å². The van der Waals surface area contributed by atoms with Crippen molar-refractivity contribution in [2.45, 2.75) is 0 Å². The molecule has 0 saturated carbocycles. The minimum atomic E-state index is 0.287. The van der Waals surface area contributed by atoms with Gasteiger partial charge in [0.25, 0.3) is 0 Å². The van der Waals surface area contributed by atoms with E-state index < -0.39 is 0 Å². The Hall–Kier alpha value is -3.24. The van der Waals surface area contributed by atoms with Gasteiger partial charge < -0.3 is 18.9 Å². The van der Waals surface area contributed by atoms with Gasteiger partial charge in [-0.15, -0.1) is 0 Å². The Balaban J connectivity index is 1.71. The zero-order valence-electron chi connectivity index (χ0n) is 13.1. The van der Waals surface area contributed by atoms with Gasteiger partial charge in [0.1, 0.15) is 49.4 Å². The summed E-state index contributed by atoms with van der Waals surface area (Å²) in [5.74, 6) is 14.5. The molecule has 3 rings (SSSR count). The van der Waals surface area contributed by atoms with Crippen molar-refractivity contribution in [2.24, 2.45) is 0 Å². The van der Waals surface area contributed by atoms with E-state index in [1.807, 2.05) is 48.5 Å². The van der Waals surface area contributed by atoms with Crippen LogP contribution >= 0.6 is 0 Å². The van der Waals surface area contributed by atoms with Crippen molar-refractivity contribution in [3.63, 3.8) is 0 Å². The summed E-state index contributed by atoms with van der Waals surface area (Å²) in [6.07, 6.45) is 0. The third kappa shape index (κ3) is 4.90. The van der Waals surface area contributed by atoms with E-state index >= 15 is 0 Å². The van der Waals surface area contributed by atoms with E-state index in [2.05, 4.69) is 23.7 Å². The molecule has 1 aliphatic heterocycles. The fraction of sp³-hybridized carbons (Fsp3) is 0.200. The SMILES string of the molecule is C1#CCOc2cccc(c2)OCC#CCOc2cccc(c2)OC1. The molecule has 0 aliphatic carbocycles. The highest BCUT2D eigenvalue weighted by molar-refractivity contribution is 5.34. The van der Waals surface area contributed by atoms with Gasteiger partial charge in [0.2, 0.25) is 0 Å². The predicted molar refractivity (Wildman–Crippen MR) is 90.4 cm³/mol. The standard InChI is InChI=1S/C20H16O4/c1-2-12-22-18-8-6-10-20(16-18)24-14-4-3-13-23-19-9-5-7-17(15-19)21-11-1/h5-10,15-16H,11-14H2. The smallest absolute Gasteiger partial charge is 0.149 e. The molecule has 0 atom stereocenters. The van der Waals surface area contributed by atoms with Crippen LogP contribution in [0.25, 0.3) is 0 Å². The third-order valence-corrected chi connectivity index (χ3v) is 3.11. The average molecular weight is 320 g/mol. The number of rotatable bonds is 0. The molecule has 2 aromatic carbocycles. The van der Waals surface area contributed by atoms with E-state index in [0.717, 1.165) is 0 Å². The molecular weight excluding hydrogens is 304 g/mol. The summed E-state index contributed by atoms with van der Waals surface area (Å²) in [4.78, 5) is 0. The molecule has 24 heavy (non-hydrogen) atoms. The van der Waals surface area contributed by atoms with Crippen LogP contribution in [0.4, 0.5) is 0 Å². The lowest BCUT2D eigenvalue weighted by Gasteiger charge is -2.07. The minimum absolute atomic E-state index is 0.287. The van der Waals surface area contributed by atoms with Crippen LogP contribution in [0.1, 0.15) is 0 Å². The van der Waals surface area contributed by atoms with Crippen LogP contribution in [0.5, 0.6) is 23.0 Å². The number of benzene rings is 2. The van der Waals surface area contributed by atoms with E-state index in [0.29, 0.717) is 23.0 Å². The van der Waals surface area contributed by atoms with Gasteiger partial charge in [-0.05, 0) is 24.3 Å². The Kier molecular flexibility index (Phi) is 5.48. The number of hydrogen-bond acceptors (Lipinski definition) is 4. The van der Waals surface area contributed by atoms with E-state index in [9.17, 15) is 0 Å². The highest BCUT2D eigenvalue weighted by atomic mass is 16.5. The minimum Gasteiger partial charge on any atom is -0.481 e. The van der Waals surface area contributed by atoms with Gasteiger partial charge in [0, 0.05) is 12.1 Å². The third-order valence-electron chi connectivity index (χ3n) is 3.11. The van der Waals surface area contributed by atoms with Crippen molar-refractivity contribution >= 4 is 0 Å². The molecule has 0 saturated heterocycles. The summed E-state index contributed by atoms with van der Waals surface area (Å²) in [6.45, 7) is 1.15. The molecule has 2 aromatic rings. The fourth-order valence-electron chi connectivity index (χ4n) is 1.99. The molecule has 0 N–H and O–H groups in total. The first-order valence-corrected chi connectivity index (χ1v) is 7.53. The highest BCUT2D eigenvalue weighted by Gasteiger charge is 1.98. The van der Waals surface area contributed by atoms with Crippen LogP contribution in [0, 0.1) is 23.7 Å². The maximum Gasteiger partial charge on any atom is 0.149 e. The molecule has 1 heterocycles. The maximum absolute atomic E-state index is 5.57. The molecule has 0 unspecified atom stereocenters. The van der Waals surface area contributed by atoms with Gasteiger partial charge in [-0.25, -0.2) is 0 Å². The predicted octanol–water partition coefficient (Wildman–Crippen LogP) is 2.92. The maximum atomic E-state index is 5.57. The van der Waals surface area contributed by atoms with Gasteiger partial charge in [-0.2, -0.15) is 0 Å². The monoisotopic (exact) mass is 320 g/mol. The second kappa shape index (κ2) is 8.41. The molecule has 0 radical (unpaired) electrons. The Bertz CT molecular complexity index is 681. The molecule has 0 amide bonds. The molecule has 4 heteroatoms. The van der Waals surface area contributed by atoms with Crippen LogP contribution in [-0.4, -0.2) is 26.4 Å². The molecule has 4 bridgehead atoms. The van der Waals surface area contributed by atoms with Gasteiger partial charge in [-0.1, -0.05) is 35.8 Å². The second-order valence-corrected chi connectivity index (χ2v) is 4.81. The molecular formula is C20H16O4. The normalized spacial score (nSPS) is 13.7. The number of fused-ring (bicyclic) bond motifs is 4. The summed E-state index contributed by atoms with van der Waals surface area (Å²) >= 11 is 0. The zero-order chi connectivity index (χ0) is 16.5. The Labute approximate surface area is 141 Å². The zero-order valence-corrected chi connectivity index (χ0v) is 13.1. The fourth-order valence-corrected chi connectivity index (χ4v) is 1.99. The lowest BCUT2D eigenvalue weighted by Crippen LogP contribution is -2.00.